The maximum Gasteiger partial charge on any atom is 0.255 e. The van der Waals surface area contributed by atoms with Crippen LogP contribution < -0.4 is 4.74 Å². The molecule has 0 saturated carbocycles. The molecule has 1 fully saturated rings. The van der Waals surface area contributed by atoms with E-state index in [9.17, 15) is 4.79 Å². The fourth-order valence-electron chi connectivity index (χ4n) is 3.18. The number of rotatable bonds is 4. The van der Waals surface area contributed by atoms with Crippen LogP contribution in [0.5, 0.6) is 5.75 Å². The topological polar surface area (TPSA) is 55.3 Å². The molecular formula is C18H19Cl2N3O2. The van der Waals surface area contributed by atoms with Gasteiger partial charge in [0, 0.05) is 24.0 Å². The van der Waals surface area contributed by atoms with Crippen LogP contribution in [-0.2, 0) is 0 Å². The normalized spacial score (nSPS) is 17.4. The van der Waals surface area contributed by atoms with E-state index in [-0.39, 0.29) is 17.0 Å². The average Bonchev–Trinajstić information content (AvgIpc) is 2.62. The van der Waals surface area contributed by atoms with E-state index in [2.05, 4.69) is 10.2 Å². The summed E-state index contributed by atoms with van der Waals surface area (Å²) in [4.78, 5) is 14.6. The molecule has 0 aliphatic carbocycles. The summed E-state index contributed by atoms with van der Waals surface area (Å²) in [6, 6.07) is 7.26. The smallest absolute Gasteiger partial charge is 0.255 e. The second-order valence-corrected chi connectivity index (χ2v) is 6.80. The fraction of sp³-hybridized carbons (Fsp3) is 0.389. The minimum atomic E-state index is -0.0755. The first-order valence-corrected chi connectivity index (χ1v) is 9.04. The molecule has 3 rings (SSSR count). The molecule has 1 aromatic heterocycles. The number of amides is 1. The second kappa shape index (κ2) is 8.02. The highest BCUT2D eigenvalue weighted by atomic mass is 35.5. The maximum atomic E-state index is 12.7. The first-order valence-electron chi connectivity index (χ1n) is 8.28. The van der Waals surface area contributed by atoms with Crippen molar-refractivity contribution in [1.29, 1.82) is 0 Å². The molecule has 7 heteroatoms. The lowest BCUT2D eigenvalue weighted by molar-refractivity contribution is 0.0705. The number of carbonyl (C=O) groups is 1. The number of piperidine rings is 1. The number of aromatic nitrogens is 2. The molecular weight excluding hydrogens is 361 g/mol. The number of halogens is 2. The molecule has 25 heavy (non-hydrogen) atoms. The van der Waals surface area contributed by atoms with Crippen LogP contribution in [0.4, 0.5) is 0 Å². The van der Waals surface area contributed by atoms with Crippen LogP contribution in [0, 0.1) is 0 Å². The van der Waals surface area contributed by atoms with Crippen molar-refractivity contribution in [3.8, 4) is 5.75 Å². The lowest BCUT2D eigenvalue weighted by Crippen LogP contribution is -2.39. The van der Waals surface area contributed by atoms with Crippen LogP contribution in [0.25, 0.3) is 0 Å². The van der Waals surface area contributed by atoms with Gasteiger partial charge in [-0.1, -0.05) is 29.3 Å². The zero-order chi connectivity index (χ0) is 17.8. The van der Waals surface area contributed by atoms with Crippen molar-refractivity contribution in [3.05, 3.63) is 51.8 Å². The lowest BCUT2D eigenvalue weighted by Gasteiger charge is -2.33. The molecule has 0 unspecified atom stereocenters. The van der Waals surface area contributed by atoms with Gasteiger partial charge in [0.15, 0.2) is 5.15 Å². The minimum Gasteiger partial charge on any atom is -0.494 e. The number of hydrogen-bond acceptors (Lipinski definition) is 4. The summed E-state index contributed by atoms with van der Waals surface area (Å²) in [6.45, 7) is 3.86. The molecule has 5 nitrogen and oxygen atoms in total. The van der Waals surface area contributed by atoms with Crippen molar-refractivity contribution in [2.24, 2.45) is 0 Å². The molecule has 1 aromatic carbocycles. The minimum absolute atomic E-state index is 0.0755. The Hall–Kier alpha value is -1.85. The molecule has 1 atom stereocenters. The van der Waals surface area contributed by atoms with Gasteiger partial charge in [-0.2, -0.15) is 5.10 Å². The number of nitrogens with zero attached hydrogens (tertiary/aromatic N) is 3. The quantitative estimate of drug-likeness (QED) is 0.798. The van der Waals surface area contributed by atoms with Crippen molar-refractivity contribution in [2.75, 3.05) is 19.7 Å². The van der Waals surface area contributed by atoms with Gasteiger partial charge in [0.2, 0.25) is 0 Å². The monoisotopic (exact) mass is 379 g/mol. The van der Waals surface area contributed by atoms with E-state index >= 15 is 0 Å². The lowest BCUT2D eigenvalue weighted by atomic mass is 9.89. The van der Waals surface area contributed by atoms with Crippen LogP contribution in [0.2, 0.25) is 10.2 Å². The van der Waals surface area contributed by atoms with Crippen molar-refractivity contribution < 1.29 is 9.53 Å². The van der Waals surface area contributed by atoms with E-state index in [4.69, 9.17) is 27.9 Å². The summed E-state index contributed by atoms with van der Waals surface area (Å²) in [5.41, 5.74) is 1.55. The highest BCUT2D eigenvalue weighted by Crippen LogP contribution is 2.35. The fourth-order valence-corrected chi connectivity index (χ4v) is 3.50. The predicted octanol–water partition coefficient (Wildman–Crippen LogP) is 4.20. The SMILES string of the molecule is CCOc1cc(Cl)ccc1[C@H]1CCCN(C(=O)c2cnnc(Cl)c2)C1. The van der Waals surface area contributed by atoms with Gasteiger partial charge in [0.05, 0.1) is 18.4 Å². The number of ether oxygens (including phenoxy) is 1. The highest BCUT2D eigenvalue weighted by molar-refractivity contribution is 6.30. The summed E-state index contributed by atoms with van der Waals surface area (Å²) < 4.78 is 5.74. The zero-order valence-corrected chi connectivity index (χ0v) is 15.4. The maximum absolute atomic E-state index is 12.7. The van der Waals surface area contributed by atoms with E-state index in [1.54, 1.807) is 6.07 Å². The van der Waals surface area contributed by atoms with Gasteiger partial charge in [0.1, 0.15) is 5.75 Å². The third-order valence-corrected chi connectivity index (χ3v) is 4.72. The summed E-state index contributed by atoms with van der Waals surface area (Å²) in [5, 5.41) is 8.31. The average molecular weight is 380 g/mol. The Bertz CT molecular complexity index is 770. The van der Waals surface area contributed by atoms with Gasteiger partial charge >= 0.3 is 0 Å². The van der Waals surface area contributed by atoms with Gasteiger partial charge < -0.3 is 9.64 Å². The molecule has 1 aliphatic rings. The zero-order valence-electron chi connectivity index (χ0n) is 13.9. The Morgan fingerprint density at radius 1 is 1.36 bits per heavy atom. The Morgan fingerprint density at radius 3 is 2.96 bits per heavy atom. The molecule has 1 aliphatic heterocycles. The summed E-state index contributed by atoms with van der Waals surface area (Å²) in [5.74, 6) is 0.929. The number of hydrogen-bond donors (Lipinski definition) is 0. The summed E-state index contributed by atoms with van der Waals surface area (Å²) >= 11 is 11.9. The van der Waals surface area contributed by atoms with E-state index in [0.717, 1.165) is 24.2 Å². The number of benzene rings is 1. The van der Waals surface area contributed by atoms with E-state index in [1.807, 2.05) is 30.0 Å². The van der Waals surface area contributed by atoms with Crippen LogP contribution in [-0.4, -0.2) is 40.7 Å². The first kappa shape index (κ1) is 18.0. The van der Waals surface area contributed by atoms with Crippen molar-refractivity contribution in [3.63, 3.8) is 0 Å². The van der Waals surface area contributed by atoms with E-state index < -0.39 is 0 Å². The van der Waals surface area contributed by atoms with Gasteiger partial charge in [-0.3, -0.25) is 4.79 Å². The van der Waals surface area contributed by atoms with Gasteiger partial charge in [-0.15, -0.1) is 5.10 Å². The van der Waals surface area contributed by atoms with Crippen molar-refractivity contribution >= 4 is 29.1 Å². The van der Waals surface area contributed by atoms with Crippen LogP contribution in [0.15, 0.2) is 30.5 Å². The Balaban J connectivity index is 1.81. The Labute approximate surface area is 156 Å². The van der Waals surface area contributed by atoms with E-state index in [0.29, 0.717) is 30.3 Å². The molecule has 2 heterocycles. The van der Waals surface area contributed by atoms with Gasteiger partial charge in [-0.25, -0.2) is 0 Å². The third-order valence-electron chi connectivity index (χ3n) is 4.30. The molecule has 2 aromatic rings. The highest BCUT2D eigenvalue weighted by Gasteiger charge is 2.27. The number of likely N-dealkylation sites (tertiary alicyclic amines) is 1. The molecule has 1 amide bonds. The molecule has 0 radical (unpaired) electrons. The summed E-state index contributed by atoms with van der Waals surface area (Å²) in [7, 11) is 0. The van der Waals surface area contributed by atoms with E-state index in [1.165, 1.54) is 6.20 Å². The van der Waals surface area contributed by atoms with Crippen LogP contribution in [0.3, 0.4) is 0 Å². The Kier molecular flexibility index (Phi) is 5.76. The predicted molar refractivity (Wildman–Crippen MR) is 97.5 cm³/mol. The molecule has 1 saturated heterocycles. The Morgan fingerprint density at radius 2 is 2.20 bits per heavy atom. The first-order chi connectivity index (χ1) is 12.1. The molecule has 0 bridgehead atoms. The molecule has 0 N–H and O–H groups in total. The third kappa shape index (κ3) is 4.22. The van der Waals surface area contributed by atoms with Crippen molar-refractivity contribution in [1.82, 2.24) is 15.1 Å². The number of carbonyl (C=O) groups excluding carboxylic acids is 1. The molecule has 132 valence electrons. The van der Waals surface area contributed by atoms with Crippen LogP contribution in [0.1, 0.15) is 41.6 Å². The summed E-state index contributed by atoms with van der Waals surface area (Å²) in [6.07, 6.45) is 3.38. The second-order valence-electron chi connectivity index (χ2n) is 5.97. The molecule has 0 spiro atoms. The van der Waals surface area contributed by atoms with Crippen LogP contribution >= 0.6 is 23.2 Å². The largest absolute Gasteiger partial charge is 0.494 e. The standard InChI is InChI=1S/C18H19Cl2N3O2/c1-2-25-16-9-14(19)5-6-15(16)12-4-3-7-23(11-12)18(24)13-8-17(20)22-21-10-13/h5-6,8-10,12H,2-4,7,11H2,1H3/t12-/m0/s1. The van der Waals surface area contributed by atoms with Crippen molar-refractivity contribution in [2.45, 2.75) is 25.7 Å². The van der Waals surface area contributed by atoms with Gasteiger partial charge in [0.25, 0.3) is 5.91 Å². The van der Waals surface area contributed by atoms with Gasteiger partial charge in [-0.05, 0) is 43.5 Å².